The topological polar surface area (TPSA) is 56.2 Å². The van der Waals surface area contributed by atoms with Crippen LogP contribution >= 0.6 is 0 Å². The lowest BCUT2D eigenvalue weighted by atomic mass is 9.87. The molecule has 3 aliphatic heterocycles. The molecule has 1 unspecified atom stereocenters. The number of hydrogen-bond acceptors (Lipinski definition) is 5. The van der Waals surface area contributed by atoms with Crippen LogP contribution in [0.15, 0.2) is 23.3 Å². The molecule has 3 fully saturated rings. The molecule has 0 radical (unpaired) electrons. The molecule has 154 valence electrons. The van der Waals surface area contributed by atoms with Crippen molar-refractivity contribution < 1.29 is 4.74 Å². The average molecular weight is 387 g/mol. The van der Waals surface area contributed by atoms with E-state index in [2.05, 4.69) is 46.1 Å². The highest BCUT2D eigenvalue weighted by atomic mass is 16.5. The van der Waals surface area contributed by atoms with Crippen LogP contribution in [0.25, 0.3) is 0 Å². The Morgan fingerprint density at radius 2 is 2.07 bits per heavy atom. The van der Waals surface area contributed by atoms with E-state index >= 15 is 0 Å². The molecule has 4 rings (SSSR count). The van der Waals surface area contributed by atoms with Crippen molar-refractivity contribution in [3.8, 4) is 0 Å². The Bertz CT molecular complexity index is 662. The van der Waals surface area contributed by atoms with Gasteiger partial charge in [-0.15, -0.1) is 0 Å². The third kappa shape index (κ3) is 4.41. The summed E-state index contributed by atoms with van der Waals surface area (Å²) in [7, 11) is 2.18. The Morgan fingerprint density at radius 1 is 1.21 bits per heavy atom. The third-order valence-corrected chi connectivity index (χ3v) is 6.31. The van der Waals surface area contributed by atoms with Crippen molar-refractivity contribution in [2.45, 2.75) is 26.3 Å². The van der Waals surface area contributed by atoms with Gasteiger partial charge in [-0.1, -0.05) is 6.07 Å². The van der Waals surface area contributed by atoms with Crippen LogP contribution < -0.4 is 10.2 Å². The molecule has 1 aromatic rings. The summed E-state index contributed by atoms with van der Waals surface area (Å²) in [6.45, 7) is 11.9. The molecular formula is C21H34N6O. The number of likely N-dealkylation sites (tertiary alicyclic amines) is 1. The van der Waals surface area contributed by atoms with Gasteiger partial charge in [0, 0.05) is 64.0 Å². The number of hydrogen-bond donors (Lipinski definition) is 1. The first-order chi connectivity index (χ1) is 13.7. The fraction of sp³-hybridized carbons (Fsp3) is 0.714. The van der Waals surface area contributed by atoms with Gasteiger partial charge in [0.15, 0.2) is 5.96 Å². The minimum absolute atomic E-state index is 0.349. The molecule has 1 N–H and O–H groups in total. The van der Waals surface area contributed by atoms with E-state index in [1.807, 2.05) is 6.20 Å². The van der Waals surface area contributed by atoms with Crippen LogP contribution in [-0.4, -0.2) is 86.8 Å². The number of nitrogens with one attached hydrogen (secondary N) is 1. The quantitative estimate of drug-likeness (QED) is 0.624. The van der Waals surface area contributed by atoms with E-state index in [0.717, 1.165) is 76.4 Å². The molecule has 0 bridgehead atoms. The minimum Gasteiger partial charge on any atom is -0.381 e. The van der Waals surface area contributed by atoms with Crippen LogP contribution in [0.1, 0.15) is 25.3 Å². The summed E-state index contributed by atoms with van der Waals surface area (Å²) in [5, 5.41) is 3.47. The van der Waals surface area contributed by atoms with Gasteiger partial charge < -0.3 is 24.8 Å². The molecule has 7 nitrogen and oxygen atoms in total. The van der Waals surface area contributed by atoms with Crippen LogP contribution in [-0.2, 0) is 11.3 Å². The molecule has 0 aromatic carbocycles. The number of aromatic nitrogens is 1. The van der Waals surface area contributed by atoms with Crippen molar-refractivity contribution in [1.29, 1.82) is 0 Å². The summed E-state index contributed by atoms with van der Waals surface area (Å²) < 4.78 is 5.66. The molecule has 1 atom stereocenters. The lowest BCUT2D eigenvalue weighted by Gasteiger charge is -2.33. The van der Waals surface area contributed by atoms with Gasteiger partial charge in [-0.2, -0.15) is 0 Å². The zero-order valence-corrected chi connectivity index (χ0v) is 17.4. The summed E-state index contributed by atoms with van der Waals surface area (Å²) in [6, 6.07) is 4.31. The van der Waals surface area contributed by atoms with E-state index in [4.69, 9.17) is 14.7 Å². The van der Waals surface area contributed by atoms with Gasteiger partial charge in [0.25, 0.3) is 0 Å². The molecule has 0 aliphatic carbocycles. The van der Waals surface area contributed by atoms with Crippen LogP contribution in [0, 0.1) is 5.41 Å². The Kier molecular flexibility index (Phi) is 6.01. The Labute approximate surface area is 168 Å². The number of pyridine rings is 1. The van der Waals surface area contributed by atoms with E-state index in [9.17, 15) is 0 Å². The van der Waals surface area contributed by atoms with Gasteiger partial charge in [-0.05, 0) is 38.4 Å². The SMILES string of the molecule is CCNC(=NCc1ccc(N2CCN(C)CC2)nc1)N1CCC2(CCOC2)C1. The monoisotopic (exact) mass is 386 g/mol. The van der Waals surface area contributed by atoms with Gasteiger partial charge in [0.1, 0.15) is 5.82 Å². The third-order valence-electron chi connectivity index (χ3n) is 6.31. The Balaban J connectivity index is 1.37. The van der Waals surface area contributed by atoms with E-state index in [0.29, 0.717) is 12.0 Å². The minimum atomic E-state index is 0.349. The highest BCUT2D eigenvalue weighted by molar-refractivity contribution is 5.80. The molecule has 0 amide bonds. The lowest BCUT2D eigenvalue weighted by molar-refractivity contribution is 0.156. The van der Waals surface area contributed by atoms with Crippen LogP contribution in [0.2, 0.25) is 0 Å². The first kappa shape index (κ1) is 19.5. The summed E-state index contributed by atoms with van der Waals surface area (Å²) in [4.78, 5) is 16.7. The van der Waals surface area contributed by atoms with Crippen LogP contribution in [0.4, 0.5) is 5.82 Å². The molecular weight excluding hydrogens is 352 g/mol. The number of nitrogens with zero attached hydrogens (tertiary/aromatic N) is 5. The zero-order valence-electron chi connectivity index (χ0n) is 17.4. The second-order valence-electron chi connectivity index (χ2n) is 8.46. The number of aliphatic imine (C=N–C) groups is 1. The van der Waals surface area contributed by atoms with E-state index < -0.39 is 0 Å². The zero-order chi connectivity index (χ0) is 19.4. The van der Waals surface area contributed by atoms with Crippen molar-refractivity contribution in [2.24, 2.45) is 10.4 Å². The van der Waals surface area contributed by atoms with Crippen molar-refractivity contribution in [3.63, 3.8) is 0 Å². The van der Waals surface area contributed by atoms with Gasteiger partial charge in [-0.3, -0.25) is 0 Å². The molecule has 4 heterocycles. The first-order valence-corrected chi connectivity index (χ1v) is 10.7. The second kappa shape index (κ2) is 8.66. The highest BCUT2D eigenvalue weighted by Gasteiger charge is 2.42. The Hall–Kier alpha value is -1.86. The van der Waals surface area contributed by atoms with Gasteiger partial charge >= 0.3 is 0 Å². The maximum absolute atomic E-state index is 5.66. The molecule has 1 aromatic heterocycles. The molecule has 7 heteroatoms. The second-order valence-corrected chi connectivity index (χ2v) is 8.46. The molecule has 28 heavy (non-hydrogen) atoms. The fourth-order valence-corrected chi connectivity index (χ4v) is 4.41. The van der Waals surface area contributed by atoms with E-state index in [-0.39, 0.29) is 0 Å². The predicted octanol–water partition coefficient (Wildman–Crippen LogP) is 1.41. The number of likely N-dealkylation sites (N-methyl/N-ethyl adjacent to an activating group) is 1. The first-order valence-electron chi connectivity index (χ1n) is 10.7. The summed E-state index contributed by atoms with van der Waals surface area (Å²) in [5.74, 6) is 2.10. The number of rotatable bonds is 4. The summed E-state index contributed by atoms with van der Waals surface area (Å²) in [5.41, 5.74) is 1.51. The summed E-state index contributed by atoms with van der Waals surface area (Å²) >= 11 is 0. The smallest absolute Gasteiger partial charge is 0.194 e. The van der Waals surface area contributed by atoms with E-state index in [1.54, 1.807) is 0 Å². The van der Waals surface area contributed by atoms with E-state index in [1.165, 1.54) is 12.8 Å². The molecule has 1 spiro atoms. The number of piperazine rings is 1. The summed E-state index contributed by atoms with van der Waals surface area (Å²) in [6.07, 6.45) is 4.37. The molecule has 0 saturated carbocycles. The van der Waals surface area contributed by atoms with Crippen molar-refractivity contribution in [1.82, 2.24) is 20.1 Å². The van der Waals surface area contributed by atoms with Gasteiger partial charge in [-0.25, -0.2) is 9.98 Å². The highest BCUT2D eigenvalue weighted by Crippen LogP contribution is 2.38. The van der Waals surface area contributed by atoms with Gasteiger partial charge in [0.05, 0.1) is 13.2 Å². The van der Waals surface area contributed by atoms with Crippen molar-refractivity contribution >= 4 is 11.8 Å². The van der Waals surface area contributed by atoms with Gasteiger partial charge in [0.2, 0.25) is 0 Å². The molecule has 3 aliphatic rings. The van der Waals surface area contributed by atoms with Crippen molar-refractivity contribution in [3.05, 3.63) is 23.9 Å². The van der Waals surface area contributed by atoms with Crippen LogP contribution in [0.5, 0.6) is 0 Å². The number of anilines is 1. The largest absolute Gasteiger partial charge is 0.381 e. The normalized spacial score (nSPS) is 26.4. The standard InChI is InChI=1S/C21H34N6O/c1-3-22-20(27-8-6-21(16-27)7-13-28-17-21)24-15-18-4-5-19(23-14-18)26-11-9-25(2)10-12-26/h4-5,14H,3,6-13,15-17H2,1-2H3,(H,22,24). The fourth-order valence-electron chi connectivity index (χ4n) is 4.41. The van der Waals surface area contributed by atoms with Crippen molar-refractivity contribution in [2.75, 3.05) is 71.0 Å². The predicted molar refractivity (Wildman–Crippen MR) is 113 cm³/mol. The maximum Gasteiger partial charge on any atom is 0.194 e. The molecule has 3 saturated heterocycles. The van der Waals surface area contributed by atoms with Crippen LogP contribution in [0.3, 0.4) is 0 Å². The maximum atomic E-state index is 5.66. The number of ether oxygens (including phenoxy) is 1. The average Bonchev–Trinajstić information content (AvgIpc) is 3.36. The Morgan fingerprint density at radius 3 is 2.75 bits per heavy atom. The number of guanidine groups is 1. The lowest BCUT2D eigenvalue weighted by Crippen LogP contribution is -2.44.